The second-order valence-corrected chi connectivity index (χ2v) is 6.00. The van der Waals surface area contributed by atoms with Crippen LogP contribution in [0.15, 0.2) is 24.3 Å². The summed E-state index contributed by atoms with van der Waals surface area (Å²) in [5, 5.41) is 3.61. The third kappa shape index (κ3) is 2.70. The number of aryl methyl sites for hydroxylation is 1. The van der Waals surface area contributed by atoms with Crippen LogP contribution in [0.2, 0.25) is 0 Å². The van der Waals surface area contributed by atoms with E-state index in [2.05, 4.69) is 41.4 Å². The van der Waals surface area contributed by atoms with Crippen LogP contribution in [-0.2, 0) is 6.42 Å². The van der Waals surface area contributed by atoms with Gasteiger partial charge in [-0.3, -0.25) is 4.90 Å². The highest BCUT2D eigenvalue weighted by Crippen LogP contribution is 2.36. The van der Waals surface area contributed by atoms with E-state index in [0.29, 0.717) is 6.04 Å². The van der Waals surface area contributed by atoms with E-state index in [9.17, 15) is 0 Å². The van der Waals surface area contributed by atoms with E-state index in [1.165, 1.54) is 45.3 Å². The maximum Gasteiger partial charge on any atom is 0.0289 e. The van der Waals surface area contributed by atoms with Gasteiger partial charge in [-0.05, 0) is 43.4 Å². The minimum absolute atomic E-state index is 0.704. The van der Waals surface area contributed by atoms with Gasteiger partial charge in [0.2, 0.25) is 0 Å². The monoisotopic (exact) mass is 258 g/mol. The Morgan fingerprint density at radius 3 is 3.11 bits per heavy atom. The first-order chi connectivity index (χ1) is 9.40. The molecule has 2 unspecified atom stereocenters. The molecule has 0 amide bonds. The van der Waals surface area contributed by atoms with Gasteiger partial charge < -0.3 is 5.32 Å². The first-order valence-corrected chi connectivity index (χ1v) is 7.92. The van der Waals surface area contributed by atoms with Crippen molar-refractivity contribution in [1.29, 1.82) is 0 Å². The average Bonchev–Trinajstić information content (AvgIpc) is 2.48. The molecule has 0 aromatic heterocycles. The highest BCUT2D eigenvalue weighted by atomic mass is 15.2. The van der Waals surface area contributed by atoms with Crippen molar-refractivity contribution in [3.05, 3.63) is 35.4 Å². The van der Waals surface area contributed by atoms with Gasteiger partial charge in [0.25, 0.3) is 0 Å². The lowest BCUT2D eigenvalue weighted by Gasteiger charge is -2.42. The van der Waals surface area contributed by atoms with Crippen molar-refractivity contribution < 1.29 is 0 Å². The number of piperazine rings is 1. The number of nitrogens with one attached hydrogen (secondary N) is 1. The maximum atomic E-state index is 3.61. The summed E-state index contributed by atoms with van der Waals surface area (Å²) in [7, 11) is 0. The summed E-state index contributed by atoms with van der Waals surface area (Å²) < 4.78 is 0. The van der Waals surface area contributed by atoms with Crippen molar-refractivity contribution >= 4 is 0 Å². The number of fused-ring (bicyclic) bond motifs is 1. The zero-order chi connectivity index (χ0) is 13.1. The number of hydrogen-bond donors (Lipinski definition) is 1. The Bertz CT molecular complexity index is 413. The molecule has 1 aromatic rings. The van der Waals surface area contributed by atoms with E-state index < -0.39 is 0 Å². The van der Waals surface area contributed by atoms with E-state index >= 15 is 0 Å². The van der Waals surface area contributed by atoms with Gasteiger partial charge in [0, 0.05) is 31.6 Å². The summed E-state index contributed by atoms with van der Waals surface area (Å²) in [6.45, 7) is 7.10. The Morgan fingerprint density at radius 2 is 2.21 bits per heavy atom. The van der Waals surface area contributed by atoms with Crippen LogP contribution in [-0.4, -0.2) is 37.1 Å². The Hall–Kier alpha value is -0.860. The molecule has 3 rings (SSSR count). The summed E-state index contributed by atoms with van der Waals surface area (Å²) in [6.07, 6.45) is 5.27. The highest BCUT2D eigenvalue weighted by Gasteiger charge is 2.32. The predicted octanol–water partition coefficient (Wildman–Crippen LogP) is 2.79. The molecule has 104 valence electrons. The number of rotatable bonds is 3. The molecule has 2 aliphatic rings. The molecule has 19 heavy (non-hydrogen) atoms. The number of nitrogens with zero attached hydrogens (tertiary/aromatic N) is 1. The molecule has 2 heteroatoms. The third-order valence-corrected chi connectivity index (χ3v) is 4.79. The number of benzene rings is 1. The Balaban J connectivity index is 1.84. The van der Waals surface area contributed by atoms with Crippen molar-refractivity contribution in [2.45, 2.75) is 44.6 Å². The Labute approximate surface area is 117 Å². The molecule has 1 saturated heterocycles. The third-order valence-electron chi connectivity index (χ3n) is 4.79. The number of hydrogen-bond acceptors (Lipinski definition) is 2. The van der Waals surface area contributed by atoms with Crippen molar-refractivity contribution in [3.63, 3.8) is 0 Å². The summed E-state index contributed by atoms with van der Waals surface area (Å²) in [4.78, 5) is 2.73. The SMILES string of the molecule is CCCN1CCNCC1C1CCCc2ccccc21. The van der Waals surface area contributed by atoms with Gasteiger partial charge in [0.05, 0.1) is 0 Å². The van der Waals surface area contributed by atoms with Crippen LogP contribution in [0.25, 0.3) is 0 Å². The van der Waals surface area contributed by atoms with Crippen molar-refractivity contribution in [1.82, 2.24) is 10.2 Å². The quantitative estimate of drug-likeness (QED) is 0.897. The molecule has 1 aliphatic heterocycles. The van der Waals surface area contributed by atoms with Gasteiger partial charge >= 0.3 is 0 Å². The lowest BCUT2D eigenvalue weighted by Crippen LogP contribution is -2.54. The van der Waals surface area contributed by atoms with Gasteiger partial charge in [-0.1, -0.05) is 31.2 Å². The molecule has 1 aliphatic carbocycles. The molecule has 1 fully saturated rings. The van der Waals surface area contributed by atoms with Crippen LogP contribution < -0.4 is 5.32 Å². The van der Waals surface area contributed by atoms with Gasteiger partial charge in [-0.25, -0.2) is 0 Å². The molecule has 0 radical (unpaired) electrons. The van der Waals surface area contributed by atoms with E-state index in [4.69, 9.17) is 0 Å². The Kier molecular flexibility index (Phi) is 4.19. The molecule has 0 saturated carbocycles. The van der Waals surface area contributed by atoms with Gasteiger partial charge in [-0.2, -0.15) is 0 Å². The van der Waals surface area contributed by atoms with Gasteiger partial charge in [-0.15, -0.1) is 0 Å². The van der Waals surface area contributed by atoms with E-state index in [1.54, 1.807) is 11.1 Å². The minimum atomic E-state index is 0.704. The van der Waals surface area contributed by atoms with Crippen LogP contribution in [0.3, 0.4) is 0 Å². The van der Waals surface area contributed by atoms with Crippen molar-refractivity contribution in [2.75, 3.05) is 26.2 Å². The molecule has 1 N–H and O–H groups in total. The van der Waals surface area contributed by atoms with E-state index in [-0.39, 0.29) is 0 Å². The standard InChI is InChI=1S/C17H26N2/c1-2-11-19-12-10-18-13-17(19)16-9-5-7-14-6-3-4-8-15(14)16/h3-4,6,8,16-18H,2,5,7,9-13H2,1H3. The van der Waals surface area contributed by atoms with E-state index in [0.717, 1.165) is 12.5 Å². The normalized spacial score (nSPS) is 28.1. The topological polar surface area (TPSA) is 15.3 Å². The molecule has 2 atom stereocenters. The first kappa shape index (κ1) is 13.1. The lowest BCUT2D eigenvalue weighted by molar-refractivity contribution is 0.131. The van der Waals surface area contributed by atoms with Gasteiger partial charge in [0.15, 0.2) is 0 Å². The van der Waals surface area contributed by atoms with Crippen LogP contribution in [0.1, 0.15) is 43.2 Å². The van der Waals surface area contributed by atoms with Crippen molar-refractivity contribution in [3.8, 4) is 0 Å². The summed E-state index contributed by atoms with van der Waals surface area (Å²) in [6, 6.07) is 9.83. The largest absolute Gasteiger partial charge is 0.314 e. The van der Waals surface area contributed by atoms with E-state index in [1.807, 2.05) is 0 Å². The molecule has 1 heterocycles. The fourth-order valence-corrected chi connectivity index (χ4v) is 3.92. The zero-order valence-electron chi connectivity index (χ0n) is 12.1. The molecule has 2 nitrogen and oxygen atoms in total. The van der Waals surface area contributed by atoms with Crippen LogP contribution in [0, 0.1) is 0 Å². The van der Waals surface area contributed by atoms with Crippen molar-refractivity contribution in [2.24, 2.45) is 0 Å². The Morgan fingerprint density at radius 1 is 1.32 bits per heavy atom. The molecule has 0 bridgehead atoms. The summed E-state index contributed by atoms with van der Waals surface area (Å²) >= 11 is 0. The highest BCUT2D eigenvalue weighted by molar-refractivity contribution is 5.34. The zero-order valence-corrected chi connectivity index (χ0v) is 12.1. The van der Waals surface area contributed by atoms with Crippen LogP contribution in [0.4, 0.5) is 0 Å². The first-order valence-electron chi connectivity index (χ1n) is 7.92. The molecular formula is C17H26N2. The molecular weight excluding hydrogens is 232 g/mol. The van der Waals surface area contributed by atoms with Crippen LogP contribution in [0.5, 0.6) is 0 Å². The molecule has 1 aromatic carbocycles. The summed E-state index contributed by atoms with van der Waals surface area (Å²) in [5.41, 5.74) is 3.23. The minimum Gasteiger partial charge on any atom is -0.314 e. The fourth-order valence-electron chi connectivity index (χ4n) is 3.92. The smallest absolute Gasteiger partial charge is 0.0289 e. The van der Waals surface area contributed by atoms with Crippen LogP contribution >= 0.6 is 0 Å². The predicted molar refractivity (Wildman–Crippen MR) is 80.6 cm³/mol. The second kappa shape index (κ2) is 6.06. The average molecular weight is 258 g/mol. The van der Waals surface area contributed by atoms with Gasteiger partial charge in [0.1, 0.15) is 0 Å². The fraction of sp³-hybridized carbons (Fsp3) is 0.647. The maximum absolute atomic E-state index is 3.61. The lowest BCUT2D eigenvalue weighted by atomic mass is 9.77. The molecule has 0 spiro atoms. The summed E-state index contributed by atoms with van der Waals surface area (Å²) in [5.74, 6) is 0.740. The second-order valence-electron chi connectivity index (χ2n) is 6.00.